The number of halogens is 1. The Balaban J connectivity index is 2.30. The topological polar surface area (TPSA) is 21.3 Å². The smallest absolute Gasteiger partial charge is 0.132 e. The van der Waals surface area contributed by atoms with Gasteiger partial charge in [-0.2, -0.15) is 0 Å². The predicted octanol–water partition coefficient (Wildman–Crippen LogP) is 4.98. The van der Waals surface area contributed by atoms with Crippen molar-refractivity contribution in [2.45, 2.75) is 26.3 Å². The Kier molecular flexibility index (Phi) is 5.05. The number of benzene rings is 2. The van der Waals surface area contributed by atoms with Crippen LogP contribution in [0.25, 0.3) is 0 Å². The summed E-state index contributed by atoms with van der Waals surface area (Å²) in [5.41, 5.74) is 2.24. The SMILES string of the molecule is CCc1cc(Oc2ccccc2C(C)NC)ccc1Cl. The number of hydrogen-bond acceptors (Lipinski definition) is 2. The molecule has 0 aliphatic heterocycles. The third-order valence-electron chi connectivity index (χ3n) is 3.44. The van der Waals surface area contributed by atoms with E-state index in [1.807, 2.05) is 43.4 Å². The molecule has 0 aliphatic carbocycles. The number of ether oxygens (including phenoxy) is 1. The summed E-state index contributed by atoms with van der Waals surface area (Å²) in [7, 11) is 1.94. The van der Waals surface area contributed by atoms with Crippen molar-refractivity contribution in [1.82, 2.24) is 5.32 Å². The molecule has 0 bridgehead atoms. The van der Waals surface area contributed by atoms with Crippen molar-refractivity contribution in [3.8, 4) is 11.5 Å². The van der Waals surface area contributed by atoms with Crippen LogP contribution >= 0.6 is 11.6 Å². The van der Waals surface area contributed by atoms with Crippen LogP contribution in [0.3, 0.4) is 0 Å². The molecule has 3 heteroatoms. The highest BCUT2D eigenvalue weighted by atomic mass is 35.5. The van der Waals surface area contributed by atoms with Gasteiger partial charge in [-0.05, 0) is 50.2 Å². The molecule has 20 heavy (non-hydrogen) atoms. The second kappa shape index (κ2) is 6.78. The van der Waals surface area contributed by atoms with Crippen LogP contribution in [0.2, 0.25) is 5.02 Å². The molecule has 0 aliphatic rings. The van der Waals surface area contributed by atoms with Crippen molar-refractivity contribution in [2.24, 2.45) is 0 Å². The second-order valence-electron chi connectivity index (χ2n) is 4.76. The summed E-state index contributed by atoms with van der Waals surface area (Å²) >= 11 is 6.14. The fraction of sp³-hybridized carbons (Fsp3) is 0.294. The molecule has 106 valence electrons. The van der Waals surface area contributed by atoms with Crippen LogP contribution in [-0.2, 0) is 6.42 Å². The average Bonchev–Trinajstić information content (AvgIpc) is 2.49. The van der Waals surface area contributed by atoms with Crippen molar-refractivity contribution in [3.05, 3.63) is 58.6 Å². The fourth-order valence-electron chi connectivity index (χ4n) is 2.10. The summed E-state index contributed by atoms with van der Waals surface area (Å²) in [4.78, 5) is 0. The Morgan fingerprint density at radius 3 is 2.65 bits per heavy atom. The monoisotopic (exact) mass is 289 g/mol. The number of nitrogens with one attached hydrogen (secondary N) is 1. The Morgan fingerprint density at radius 1 is 1.20 bits per heavy atom. The van der Waals surface area contributed by atoms with Crippen molar-refractivity contribution in [2.75, 3.05) is 7.05 Å². The average molecular weight is 290 g/mol. The van der Waals surface area contributed by atoms with Crippen molar-refractivity contribution in [3.63, 3.8) is 0 Å². The van der Waals surface area contributed by atoms with E-state index in [1.54, 1.807) is 0 Å². The lowest BCUT2D eigenvalue weighted by Crippen LogP contribution is -2.13. The zero-order chi connectivity index (χ0) is 14.5. The van der Waals surface area contributed by atoms with E-state index in [0.717, 1.165) is 34.1 Å². The molecule has 1 N–H and O–H groups in total. The van der Waals surface area contributed by atoms with E-state index in [4.69, 9.17) is 16.3 Å². The van der Waals surface area contributed by atoms with Gasteiger partial charge in [0.25, 0.3) is 0 Å². The number of hydrogen-bond donors (Lipinski definition) is 1. The molecule has 0 aromatic heterocycles. The first-order valence-corrected chi connectivity index (χ1v) is 7.26. The highest BCUT2D eigenvalue weighted by Crippen LogP contribution is 2.31. The molecular formula is C17H20ClNO. The molecule has 1 atom stereocenters. The lowest BCUT2D eigenvalue weighted by Gasteiger charge is -2.16. The molecule has 0 fully saturated rings. The Labute approximate surface area is 125 Å². The van der Waals surface area contributed by atoms with E-state index < -0.39 is 0 Å². The molecule has 0 radical (unpaired) electrons. The van der Waals surface area contributed by atoms with Gasteiger partial charge < -0.3 is 10.1 Å². The largest absolute Gasteiger partial charge is 0.457 e. The molecule has 0 heterocycles. The highest BCUT2D eigenvalue weighted by molar-refractivity contribution is 6.31. The quantitative estimate of drug-likeness (QED) is 0.838. The molecular weight excluding hydrogens is 270 g/mol. The van der Waals surface area contributed by atoms with E-state index in [-0.39, 0.29) is 6.04 Å². The van der Waals surface area contributed by atoms with Gasteiger partial charge in [-0.15, -0.1) is 0 Å². The van der Waals surface area contributed by atoms with Gasteiger partial charge >= 0.3 is 0 Å². The van der Waals surface area contributed by atoms with Gasteiger partial charge in [-0.3, -0.25) is 0 Å². The fourth-order valence-corrected chi connectivity index (χ4v) is 2.35. The van der Waals surface area contributed by atoms with Crippen molar-refractivity contribution < 1.29 is 4.74 Å². The summed E-state index contributed by atoms with van der Waals surface area (Å²) in [6.45, 7) is 4.20. The van der Waals surface area contributed by atoms with Gasteiger partial charge in [0, 0.05) is 16.6 Å². The summed E-state index contributed by atoms with van der Waals surface area (Å²) in [6, 6.07) is 14.1. The lowest BCUT2D eigenvalue weighted by atomic mass is 10.1. The van der Waals surface area contributed by atoms with Gasteiger partial charge in [0.15, 0.2) is 0 Å². The van der Waals surface area contributed by atoms with Gasteiger partial charge in [-0.1, -0.05) is 36.7 Å². The molecule has 0 saturated carbocycles. The van der Waals surface area contributed by atoms with Gasteiger partial charge in [0.05, 0.1) is 0 Å². The van der Waals surface area contributed by atoms with Crippen LogP contribution in [0, 0.1) is 0 Å². The maximum absolute atomic E-state index is 6.14. The molecule has 2 rings (SSSR count). The van der Waals surface area contributed by atoms with E-state index in [2.05, 4.69) is 25.2 Å². The summed E-state index contributed by atoms with van der Waals surface area (Å²) in [5.74, 6) is 1.70. The van der Waals surface area contributed by atoms with E-state index in [9.17, 15) is 0 Å². The van der Waals surface area contributed by atoms with Crippen molar-refractivity contribution in [1.29, 1.82) is 0 Å². The zero-order valence-electron chi connectivity index (χ0n) is 12.1. The summed E-state index contributed by atoms with van der Waals surface area (Å²) in [6.07, 6.45) is 0.893. The third-order valence-corrected chi connectivity index (χ3v) is 3.81. The van der Waals surface area contributed by atoms with Gasteiger partial charge in [-0.25, -0.2) is 0 Å². The van der Waals surface area contributed by atoms with Crippen LogP contribution in [0.5, 0.6) is 11.5 Å². The Hall–Kier alpha value is -1.51. The molecule has 2 nitrogen and oxygen atoms in total. The maximum atomic E-state index is 6.14. The minimum absolute atomic E-state index is 0.240. The molecule has 2 aromatic carbocycles. The molecule has 2 aromatic rings. The molecule has 0 amide bonds. The highest BCUT2D eigenvalue weighted by Gasteiger charge is 2.10. The van der Waals surface area contributed by atoms with Crippen LogP contribution in [0.15, 0.2) is 42.5 Å². The number of rotatable bonds is 5. The van der Waals surface area contributed by atoms with Crippen molar-refractivity contribution >= 4 is 11.6 Å². The standard InChI is InChI=1S/C17H20ClNO/c1-4-13-11-14(9-10-16(13)18)20-17-8-6-5-7-15(17)12(2)19-3/h5-12,19H,4H2,1-3H3. The van der Waals surface area contributed by atoms with Crippen LogP contribution < -0.4 is 10.1 Å². The summed E-state index contributed by atoms with van der Waals surface area (Å²) in [5, 5.41) is 4.03. The summed E-state index contributed by atoms with van der Waals surface area (Å²) < 4.78 is 6.03. The van der Waals surface area contributed by atoms with Crippen LogP contribution in [0.4, 0.5) is 0 Å². The Morgan fingerprint density at radius 2 is 1.95 bits per heavy atom. The van der Waals surface area contributed by atoms with Gasteiger partial charge in [0.2, 0.25) is 0 Å². The third kappa shape index (κ3) is 3.33. The van der Waals surface area contributed by atoms with E-state index >= 15 is 0 Å². The molecule has 0 saturated heterocycles. The maximum Gasteiger partial charge on any atom is 0.132 e. The number of aryl methyl sites for hydroxylation is 1. The Bertz CT molecular complexity index is 583. The lowest BCUT2D eigenvalue weighted by molar-refractivity contribution is 0.466. The minimum Gasteiger partial charge on any atom is -0.457 e. The van der Waals surface area contributed by atoms with Crippen LogP contribution in [-0.4, -0.2) is 7.05 Å². The van der Waals surface area contributed by atoms with E-state index in [0.29, 0.717) is 0 Å². The first kappa shape index (κ1) is 14.9. The first-order valence-electron chi connectivity index (χ1n) is 6.88. The normalized spacial score (nSPS) is 12.2. The second-order valence-corrected chi connectivity index (χ2v) is 5.16. The predicted molar refractivity (Wildman–Crippen MR) is 84.8 cm³/mol. The zero-order valence-corrected chi connectivity index (χ0v) is 12.9. The van der Waals surface area contributed by atoms with Crippen LogP contribution in [0.1, 0.15) is 31.0 Å². The van der Waals surface area contributed by atoms with Gasteiger partial charge in [0.1, 0.15) is 11.5 Å². The molecule has 0 spiro atoms. The minimum atomic E-state index is 0.240. The molecule has 1 unspecified atom stereocenters. The number of para-hydroxylation sites is 1. The van der Waals surface area contributed by atoms with E-state index in [1.165, 1.54) is 0 Å². The first-order chi connectivity index (χ1) is 9.65.